The second-order valence-electron chi connectivity index (χ2n) is 24.7. The van der Waals surface area contributed by atoms with E-state index >= 15 is 0 Å². The Morgan fingerprint density at radius 2 is 0.574 bits per heavy atom. The summed E-state index contributed by atoms with van der Waals surface area (Å²) >= 11 is 0. The minimum absolute atomic E-state index is 0.0566. The molecule has 0 aromatic heterocycles. The van der Waals surface area contributed by atoms with Gasteiger partial charge in [-0.15, -0.1) is 0 Å². The number of rotatable bonds is 31. The number of hydrogen-bond donors (Lipinski definition) is 0. The number of alkyl halides is 18. The maximum Gasteiger partial charge on any atom is 0.432 e. The van der Waals surface area contributed by atoms with Gasteiger partial charge in [0.2, 0.25) is 0 Å². The van der Waals surface area contributed by atoms with Gasteiger partial charge in [0.25, 0.3) is 18.3 Å². The van der Waals surface area contributed by atoms with Crippen molar-refractivity contribution in [2.24, 2.45) is 0 Å². The van der Waals surface area contributed by atoms with Crippen molar-refractivity contribution in [3.63, 3.8) is 0 Å². The molecule has 6 unspecified atom stereocenters. The lowest BCUT2D eigenvalue weighted by Gasteiger charge is -2.30. The van der Waals surface area contributed by atoms with E-state index in [0.29, 0.717) is 36.8 Å². The Labute approximate surface area is 657 Å². The van der Waals surface area contributed by atoms with Crippen LogP contribution in [0.5, 0.6) is 34.5 Å². The average Bonchev–Trinajstić information content (AvgIpc) is 0.869. The maximum absolute atomic E-state index is 13.8. The zero-order chi connectivity index (χ0) is 84.6. The highest BCUT2D eigenvalue weighted by molar-refractivity contribution is 7.97. The van der Waals surface area contributed by atoms with E-state index in [1.807, 2.05) is 109 Å². The van der Waals surface area contributed by atoms with E-state index < -0.39 is 146 Å². The van der Waals surface area contributed by atoms with Crippen LogP contribution in [0.1, 0.15) is 58.3 Å². The smallest absolute Gasteiger partial charge is 0.432 e. The molecule has 1 saturated carbocycles. The lowest BCUT2D eigenvalue weighted by atomic mass is 10.2. The van der Waals surface area contributed by atoms with Gasteiger partial charge in [-0.05, 0) is 214 Å². The molecule has 0 aliphatic heterocycles. The van der Waals surface area contributed by atoms with Crippen LogP contribution in [0.15, 0.2) is 281 Å². The van der Waals surface area contributed by atoms with Crippen molar-refractivity contribution in [2.75, 3.05) is 13.2 Å². The molecule has 0 N–H and O–H groups in total. The largest absolute Gasteiger partial charge is 0.743 e. The lowest BCUT2D eigenvalue weighted by molar-refractivity contribution is -0.239. The molecule has 0 spiro atoms. The lowest BCUT2D eigenvalue weighted by Crippen LogP contribution is -2.53. The topological polar surface area (TPSA) is 227 Å². The fourth-order valence-corrected chi connectivity index (χ4v) is 18.2. The first-order valence-electron chi connectivity index (χ1n) is 33.9. The predicted molar refractivity (Wildman–Crippen MR) is 384 cm³/mol. The van der Waals surface area contributed by atoms with Gasteiger partial charge in [0.05, 0.1) is 45.4 Å². The standard InChI is InChI=1S/C27H27F5O5S2.C26H23F5O5S2.C23H16F8O5S2/c1-2-3-4-8-19-36-20-11-15-23(16-12-20)38(22-9-6-5-7-10-22)24-17-13-21(14-18-24)37-25(26(28,29)30)27(31,32)39(33,34)35;27-25(28,29)24(26(30,31)38(32,33)34)36-20-12-16-23(17-13-20)37(21-8-2-1-3-9-21)22-14-10-19(11-15-22)35-18-6-4-5-7-18;24-21(25,26)14-35-15-6-10-18(11-7-15)37(17-4-2-1-3-5-17)19-12-8-16(9-13-19)36-20(22(27,28)29)23(30,31)38(32,33)34/h5-7,9-18,25H,2-4,8,19H2,1H3;1-3,8-18,24H,4-7H2;1-13,20H,14H2. The molecular weight excluding hydrogens is 1690 g/mol. The van der Waals surface area contributed by atoms with Gasteiger partial charge in [0.1, 0.15) is 34.5 Å². The van der Waals surface area contributed by atoms with Crippen LogP contribution in [0.25, 0.3) is 0 Å². The van der Waals surface area contributed by atoms with Crippen LogP contribution in [0, 0.1) is 0 Å². The number of ether oxygens (including phenoxy) is 6. The molecule has 1 aliphatic rings. The summed E-state index contributed by atoms with van der Waals surface area (Å²) in [6, 6.07) is 61.6. The molecular formula is C76H66F18O15S6. The van der Waals surface area contributed by atoms with E-state index in [1.165, 1.54) is 60.7 Å². The Morgan fingerprint density at radius 3 is 0.817 bits per heavy atom. The first-order valence-corrected chi connectivity index (χ1v) is 41.8. The Morgan fingerprint density at radius 1 is 0.330 bits per heavy atom. The highest BCUT2D eigenvalue weighted by Crippen LogP contribution is 2.45. The molecule has 0 heterocycles. The van der Waals surface area contributed by atoms with Crippen molar-refractivity contribution < 1.29 is 146 Å². The SMILES string of the molecule is CCCCCCOc1ccc([S+](c2ccccc2)c2ccc(OC(C(F)(F)F)C(F)(F)S(=O)(=O)[O-])cc2)cc1.O=S(=O)([O-])C(F)(F)C(Oc1ccc([S+](c2ccccc2)c2ccc(OC3CCCC3)cc2)cc1)C(F)(F)F.O=S(=O)([O-])C(F)(F)C(Oc1ccc([S+](c2ccccc2)c2ccc(OCC(F)(F)F)cc2)cc1)C(F)(F)F. The fourth-order valence-electron chi connectivity index (χ4n) is 10.7. The van der Waals surface area contributed by atoms with Crippen molar-refractivity contribution in [2.45, 2.75) is 167 Å². The maximum atomic E-state index is 13.8. The van der Waals surface area contributed by atoms with Crippen LogP contribution in [-0.4, -0.2) is 117 Å². The molecule has 15 nitrogen and oxygen atoms in total. The highest BCUT2D eigenvalue weighted by Gasteiger charge is 2.65. The monoisotopic (exact) mass is 1750 g/mol. The molecule has 9 aromatic rings. The summed E-state index contributed by atoms with van der Waals surface area (Å²) in [4.78, 5) is 6.50. The van der Waals surface area contributed by atoms with Crippen LogP contribution in [0.4, 0.5) is 79.0 Å². The quantitative estimate of drug-likeness (QED) is 0.0170. The van der Waals surface area contributed by atoms with Crippen molar-refractivity contribution in [1.82, 2.24) is 0 Å². The second-order valence-corrected chi connectivity index (χ2v) is 35.1. The van der Waals surface area contributed by atoms with Gasteiger partial charge in [-0.1, -0.05) is 80.8 Å². The Kier molecular flexibility index (Phi) is 30.8. The first-order chi connectivity index (χ1) is 53.7. The summed E-state index contributed by atoms with van der Waals surface area (Å²) in [5, 5.41) is -17.2. The van der Waals surface area contributed by atoms with E-state index in [-0.39, 0.29) is 11.9 Å². The molecule has 0 saturated heterocycles. The van der Waals surface area contributed by atoms with Crippen LogP contribution in [-0.2, 0) is 63.0 Å². The normalized spacial score (nSPS) is 15.1. The van der Waals surface area contributed by atoms with Crippen molar-refractivity contribution in [3.05, 3.63) is 237 Å². The highest BCUT2D eigenvalue weighted by atomic mass is 32.2. The molecule has 6 atom stereocenters. The average molecular weight is 1750 g/mol. The summed E-state index contributed by atoms with van der Waals surface area (Å²) in [5.74, 6) is -0.758. The van der Waals surface area contributed by atoms with Gasteiger partial charge in [-0.3, -0.25) is 0 Å². The summed E-state index contributed by atoms with van der Waals surface area (Å²) in [6.07, 6.45) is -25.9. The van der Waals surface area contributed by atoms with Gasteiger partial charge in [0, 0.05) is 0 Å². The van der Waals surface area contributed by atoms with Gasteiger partial charge >= 0.3 is 40.5 Å². The third kappa shape index (κ3) is 25.4. The van der Waals surface area contributed by atoms with Crippen LogP contribution >= 0.6 is 0 Å². The first kappa shape index (κ1) is 91.8. The fraction of sp³-hybridized carbons (Fsp3) is 0.289. The van der Waals surface area contributed by atoms with Crippen molar-refractivity contribution in [3.8, 4) is 34.5 Å². The molecule has 1 fully saturated rings. The molecule has 0 amide bonds. The molecule has 115 heavy (non-hydrogen) atoms. The summed E-state index contributed by atoms with van der Waals surface area (Å²) in [6.45, 7) is 1.23. The third-order valence-electron chi connectivity index (χ3n) is 16.1. The minimum atomic E-state index is -6.71. The van der Waals surface area contributed by atoms with E-state index in [0.717, 1.165) is 113 Å². The number of benzene rings is 9. The van der Waals surface area contributed by atoms with Crippen LogP contribution in [0.2, 0.25) is 0 Å². The Bertz CT molecular complexity index is 4890. The van der Waals surface area contributed by atoms with Gasteiger partial charge in [0.15, 0.2) is 81.0 Å². The van der Waals surface area contributed by atoms with E-state index in [9.17, 15) is 118 Å². The molecule has 0 bridgehead atoms. The van der Waals surface area contributed by atoms with Crippen molar-refractivity contribution >= 4 is 63.0 Å². The van der Waals surface area contributed by atoms with E-state index in [4.69, 9.17) is 14.2 Å². The van der Waals surface area contributed by atoms with E-state index in [2.05, 4.69) is 21.1 Å². The van der Waals surface area contributed by atoms with Gasteiger partial charge in [-0.25, -0.2) is 25.3 Å². The van der Waals surface area contributed by atoms with E-state index in [1.54, 1.807) is 30.3 Å². The molecule has 622 valence electrons. The summed E-state index contributed by atoms with van der Waals surface area (Å²) < 4.78 is 365. The van der Waals surface area contributed by atoms with Crippen LogP contribution in [0.3, 0.4) is 0 Å². The third-order valence-corrected chi connectivity index (χ3v) is 25.5. The van der Waals surface area contributed by atoms with Gasteiger partial charge < -0.3 is 42.1 Å². The number of halogens is 18. The number of unbranched alkanes of at least 4 members (excludes halogenated alkanes) is 3. The Balaban J connectivity index is 0.000000216. The zero-order valence-electron chi connectivity index (χ0n) is 59.3. The summed E-state index contributed by atoms with van der Waals surface area (Å²) in [5.41, 5.74) is 0. The molecule has 10 rings (SSSR count). The second kappa shape index (κ2) is 38.6. The summed E-state index contributed by atoms with van der Waals surface area (Å²) in [7, 11) is -22.4. The zero-order valence-corrected chi connectivity index (χ0v) is 64.2. The Hall–Kier alpha value is -8.70. The minimum Gasteiger partial charge on any atom is -0.743 e. The van der Waals surface area contributed by atoms with Crippen molar-refractivity contribution in [1.29, 1.82) is 0 Å². The van der Waals surface area contributed by atoms with Crippen LogP contribution < -0.4 is 28.4 Å². The predicted octanol–water partition coefficient (Wildman–Crippen LogP) is 19.9. The molecule has 39 heteroatoms. The van der Waals surface area contributed by atoms with Gasteiger partial charge in [-0.2, -0.15) is 79.0 Å². The molecule has 1 aliphatic carbocycles. The number of hydrogen-bond acceptors (Lipinski definition) is 15. The molecule has 9 aromatic carbocycles. The molecule has 0 radical (unpaired) electrons.